The number of phenols is 1. The number of nitrogens with zero attached hydrogens (tertiary/aromatic N) is 2. The number of fused-ring (bicyclic) bond motifs is 1. The summed E-state index contributed by atoms with van der Waals surface area (Å²) in [4.78, 5) is 28.9. The predicted octanol–water partition coefficient (Wildman–Crippen LogP) is 3.99. The Labute approximate surface area is 199 Å². The van der Waals surface area contributed by atoms with Gasteiger partial charge in [0.1, 0.15) is 17.2 Å². The third kappa shape index (κ3) is 4.87. The Morgan fingerprint density at radius 1 is 1.12 bits per heavy atom. The number of benzene rings is 2. The van der Waals surface area contributed by atoms with Crippen molar-refractivity contribution in [2.24, 2.45) is 0 Å². The fraction of sp³-hybridized carbons (Fsp3) is 0.385. The average molecular weight is 467 g/mol. The number of ether oxygens (including phenoxy) is 3. The third-order valence-corrected chi connectivity index (χ3v) is 5.99. The number of hydrogen-bond donors (Lipinski definition) is 1. The van der Waals surface area contributed by atoms with E-state index in [4.69, 9.17) is 14.2 Å². The number of rotatable bonds is 6. The van der Waals surface area contributed by atoms with E-state index in [9.17, 15) is 14.7 Å². The highest BCUT2D eigenvalue weighted by atomic mass is 16.6. The Balaban J connectivity index is 1.53. The molecule has 0 spiro atoms. The molecule has 1 fully saturated rings. The number of ketones is 1. The maximum absolute atomic E-state index is 13.2. The van der Waals surface area contributed by atoms with Gasteiger partial charge in [0.15, 0.2) is 5.76 Å². The molecule has 0 radical (unpaired) electrons. The summed E-state index contributed by atoms with van der Waals surface area (Å²) in [6.45, 7) is 9.18. The first-order valence-electron chi connectivity index (χ1n) is 11.6. The van der Waals surface area contributed by atoms with Gasteiger partial charge in [0.05, 0.1) is 24.3 Å². The van der Waals surface area contributed by atoms with Gasteiger partial charge in [0.25, 0.3) is 0 Å². The van der Waals surface area contributed by atoms with E-state index in [0.29, 0.717) is 68.4 Å². The molecular weight excluding hydrogens is 436 g/mol. The number of aryl methyl sites for hydroxylation is 1. The van der Waals surface area contributed by atoms with Gasteiger partial charge in [-0.25, -0.2) is 4.79 Å². The molecule has 8 nitrogen and oxygen atoms in total. The van der Waals surface area contributed by atoms with Crippen LogP contribution in [0.5, 0.6) is 17.2 Å². The van der Waals surface area contributed by atoms with Gasteiger partial charge in [-0.15, -0.1) is 0 Å². The van der Waals surface area contributed by atoms with Crippen molar-refractivity contribution in [3.05, 3.63) is 58.3 Å². The van der Waals surface area contributed by atoms with Crippen molar-refractivity contribution in [3.8, 4) is 17.2 Å². The van der Waals surface area contributed by atoms with Gasteiger partial charge in [-0.3, -0.25) is 9.69 Å². The largest absolute Gasteiger partial charge is 0.507 e. The third-order valence-electron chi connectivity index (χ3n) is 5.99. The maximum Gasteiger partial charge on any atom is 0.409 e. The zero-order valence-electron chi connectivity index (χ0n) is 19.8. The highest BCUT2D eigenvalue weighted by molar-refractivity contribution is 6.15. The van der Waals surface area contributed by atoms with Crippen molar-refractivity contribution in [1.29, 1.82) is 0 Å². The molecule has 2 heterocycles. The molecule has 0 aromatic heterocycles. The summed E-state index contributed by atoms with van der Waals surface area (Å²) in [5, 5.41) is 10.7. The summed E-state index contributed by atoms with van der Waals surface area (Å²) in [6.07, 6.45) is 1.40. The molecular formula is C26H30N2O6. The second-order valence-electron chi connectivity index (χ2n) is 8.30. The van der Waals surface area contributed by atoms with Crippen LogP contribution < -0.4 is 9.47 Å². The molecule has 1 saturated heterocycles. The molecule has 1 N–H and O–H groups in total. The number of allylic oxidation sites excluding steroid dienone is 1. The van der Waals surface area contributed by atoms with E-state index >= 15 is 0 Å². The first-order valence-corrected chi connectivity index (χ1v) is 11.6. The molecule has 2 aliphatic rings. The van der Waals surface area contributed by atoms with Crippen LogP contribution >= 0.6 is 0 Å². The van der Waals surface area contributed by atoms with Gasteiger partial charge in [-0.2, -0.15) is 0 Å². The molecule has 8 heteroatoms. The Hall–Kier alpha value is -3.52. The van der Waals surface area contributed by atoms with Crippen molar-refractivity contribution < 1.29 is 28.9 Å². The van der Waals surface area contributed by atoms with Gasteiger partial charge < -0.3 is 24.2 Å². The van der Waals surface area contributed by atoms with E-state index in [0.717, 1.165) is 11.3 Å². The Morgan fingerprint density at radius 2 is 1.82 bits per heavy atom. The Bertz CT molecular complexity index is 1100. The second-order valence-corrected chi connectivity index (χ2v) is 8.30. The number of carbonyl (C=O) groups excluding carboxylic acids is 2. The molecule has 2 aromatic rings. The molecule has 1 amide bonds. The topological polar surface area (TPSA) is 88.5 Å². The molecule has 0 atom stereocenters. The second kappa shape index (κ2) is 10.2. The number of amides is 1. The molecule has 0 saturated carbocycles. The first-order chi connectivity index (χ1) is 16.4. The van der Waals surface area contributed by atoms with E-state index in [-0.39, 0.29) is 23.4 Å². The van der Waals surface area contributed by atoms with Crippen LogP contribution in [0.4, 0.5) is 4.79 Å². The van der Waals surface area contributed by atoms with Gasteiger partial charge in [0, 0.05) is 32.7 Å². The predicted molar refractivity (Wildman–Crippen MR) is 127 cm³/mol. The lowest BCUT2D eigenvalue weighted by atomic mass is 9.99. The van der Waals surface area contributed by atoms with Crippen molar-refractivity contribution in [2.45, 2.75) is 27.3 Å². The zero-order chi connectivity index (χ0) is 24.2. The van der Waals surface area contributed by atoms with Crippen LogP contribution in [0, 0.1) is 6.92 Å². The van der Waals surface area contributed by atoms with Crippen molar-refractivity contribution in [2.75, 3.05) is 39.4 Å². The van der Waals surface area contributed by atoms with Crippen LogP contribution in [-0.2, 0) is 11.3 Å². The number of carbonyl (C=O) groups is 2. The minimum absolute atomic E-state index is 0.0965. The lowest BCUT2D eigenvalue weighted by molar-refractivity contribution is 0.0774. The number of piperazine rings is 1. The Morgan fingerprint density at radius 3 is 2.47 bits per heavy atom. The lowest BCUT2D eigenvalue weighted by Crippen LogP contribution is -2.48. The van der Waals surface area contributed by atoms with Crippen molar-refractivity contribution >= 4 is 18.0 Å². The summed E-state index contributed by atoms with van der Waals surface area (Å²) >= 11 is 0. The molecule has 2 aliphatic heterocycles. The molecule has 4 rings (SSSR count). The number of aromatic hydroxyl groups is 1. The highest BCUT2D eigenvalue weighted by Crippen LogP contribution is 2.42. The van der Waals surface area contributed by atoms with Crippen LogP contribution in [0.25, 0.3) is 6.08 Å². The smallest absolute Gasteiger partial charge is 0.409 e. The molecule has 0 bridgehead atoms. The monoisotopic (exact) mass is 466 g/mol. The van der Waals surface area contributed by atoms with Gasteiger partial charge >= 0.3 is 6.09 Å². The number of Topliss-reactive ketones (excluding diaryl/α,β-unsaturated/α-hetero) is 1. The van der Waals surface area contributed by atoms with Crippen LogP contribution in [-0.4, -0.2) is 66.2 Å². The quantitative estimate of drug-likeness (QED) is 0.644. The summed E-state index contributed by atoms with van der Waals surface area (Å²) in [5.41, 5.74) is 2.55. The standard InChI is InChI=1S/C26H30N2O6/c1-4-32-19-8-6-18(7-9-19)15-22-24(30)23-17(3)14-21(29)20(25(23)34-22)16-27-10-12-28(13-11-27)26(31)33-5-2/h6-9,14-15,29H,4-5,10-13,16H2,1-3H3/b22-15-. The van der Waals surface area contributed by atoms with E-state index < -0.39 is 0 Å². The molecule has 2 aromatic carbocycles. The van der Waals surface area contributed by atoms with Crippen LogP contribution in [0.2, 0.25) is 0 Å². The van der Waals surface area contributed by atoms with E-state index in [1.165, 1.54) is 0 Å². The highest BCUT2D eigenvalue weighted by Gasteiger charge is 2.34. The maximum atomic E-state index is 13.2. The number of phenolic OH excluding ortho intramolecular Hbond substituents is 1. The van der Waals surface area contributed by atoms with E-state index in [2.05, 4.69) is 4.90 Å². The van der Waals surface area contributed by atoms with Gasteiger partial charge in [-0.1, -0.05) is 12.1 Å². The minimum Gasteiger partial charge on any atom is -0.507 e. The normalized spacial score (nSPS) is 17.0. The minimum atomic E-state index is -0.306. The fourth-order valence-corrected chi connectivity index (χ4v) is 4.24. The average Bonchev–Trinajstić information content (AvgIpc) is 3.15. The first kappa shape index (κ1) is 23.6. The molecule has 34 heavy (non-hydrogen) atoms. The van der Waals surface area contributed by atoms with Gasteiger partial charge in [0.2, 0.25) is 5.78 Å². The summed E-state index contributed by atoms with van der Waals surface area (Å²) < 4.78 is 16.6. The van der Waals surface area contributed by atoms with Crippen LogP contribution in [0.3, 0.4) is 0 Å². The summed E-state index contributed by atoms with van der Waals surface area (Å²) in [5.74, 6) is 1.29. The van der Waals surface area contributed by atoms with Gasteiger partial charge in [-0.05, 0) is 56.2 Å². The van der Waals surface area contributed by atoms with Crippen molar-refractivity contribution in [1.82, 2.24) is 9.80 Å². The lowest BCUT2D eigenvalue weighted by Gasteiger charge is -2.34. The van der Waals surface area contributed by atoms with Crippen LogP contribution in [0.1, 0.15) is 40.9 Å². The molecule has 0 aliphatic carbocycles. The van der Waals surface area contributed by atoms with E-state index in [1.54, 1.807) is 30.9 Å². The summed E-state index contributed by atoms with van der Waals surface area (Å²) in [7, 11) is 0. The SMILES string of the molecule is CCOC(=O)N1CCN(Cc2c(O)cc(C)c3c2O/C(=C\c2ccc(OCC)cc2)C3=O)CC1. The molecule has 0 unspecified atom stereocenters. The van der Waals surface area contributed by atoms with Crippen molar-refractivity contribution in [3.63, 3.8) is 0 Å². The van der Waals surface area contributed by atoms with E-state index in [1.807, 2.05) is 31.2 Å². The molecule has 180 valence electrons. The van der Waals surface area contributed by atoms with Crippen LogP contribution in [0.15, 0.2) is 36.1 Å². The number of hydrogen-bond acceptors (Lipinski definition) is 7. The fourth-order valence-electron chi connectivity index (χ4n) is 4.24. The summed E-state index contributed by atoms with van der Waals surface area (Å²) in [6, 6.07) is 9.05. The Kier molecular flexibility index (Phi) is 7.07. The zero-order valence-corrected chi connectivity index (χ0v) is 19.8.